The minimum absolute atomic E-state index is 0.0112. The summed E-state index contributed by atoms with van der Waals surface area (Å²) >= 11 is 0. The highest BCUT2D eigenvalue weighted by Crippen LogP contribution is 2.32. The number of nitrogens with zero attached hydrogens (tertiary/aromatic N) is 1. The Labute approximate surface area is 225 Å². The van der Waals surface area contributed by atoms with Crippen LogP contribution in [0.25, 0.3) is 0 Å². The Kier molecular flexibility index (Phi) is 10.8. The number of carbonyl (C=O) groups excluding carboxylic acids is 6. The number of rotatable bonds is 12. The van der Waals surface area contributed by atoms with Crippen molar-refractivity contribution >= 4 is 35.3 Å². The van der Waals surface area contributed by atoms with Gasteiger partial charge in [-0.05, 0) is 50.4 Å². The van der Waals surface area contributed by atoms with Crippen LogP contribution >= 0.6 is 0 Å². The first-order valence-electron chi connectivity index (χ1n) is 13.7. The van der Waals surface area contributed by atoms with Crippen LogP contribution in [0, 0.1) is 17.3 Å². The lowest BCUT2D eigenvalue weighted by molar-refractivity contribution is -0.143. The fourth-order valence-electron chi connectivity index (χ4n) is 4.52. The van der Waals surface area contributed by atoms with E-state index < -0.39 is 59.1 Å². The smallest absolute Gasteiger partial charge is 0.316 e. The molecule has 11 nitrogen and oxygen atoms in total. The van der Waals surface area contributed by atoms with Gasteiger partial charge in [-0.15, -0.1) is 0 Å². The standard InChI is InChI=1S/C27H45N5O6/c1-8-13-28-24(36)20(33)16(4)29-23(35)18-10-9-14-32(18)25(37)22(27(5,6)7)31-26(38)30-19(15(2)3)21(34)17-11-12-17/h15-19,22H,8-14H2,1-7H3,(H,28,36)(H,29,35)(H2,30,31,38). The maximum Gasteiger partial charge on any atom is 0.316 e. The molecule has 11 heteroatoms. The largest absolute Gasteiger partial charge is 0.349 e. The van der Waals surface area contributed by atoms with Gasteiger partial charge in [0.25, 0.3) is 5.91 Å². The molecule has 1 heterocycles. The van der Waals surface area contributed by atoms with E-state index in [1.165, 1.54) is 11.8 Å². The summed E-state index contributed by atoms with van der Waals surface area (Å²) in [6, 6.07) is -4.08. The molecule has 4 N–H and O–H groups in total. The molecule has 0 aromatic rings. The number of likely N-dealkylation sites (tertiary alicyclic amines) is 1. The highest BCUT2D eigenvalue weighted by atomic mass is 16.2. The number of urea groups is 1. The quantitative estimate of drug-likeness (QED) is 0.276. The zero-order valence-corrected chi connectivity index (χ0v) is 23.8. The van der Waals surface area contributed by atoms with Crippen molar-refractivity contribution in [2.45, 2.75) is 105 Å². The third-order valence-corrected chi connectivity index (χ3v) is 6.98. The van der Waals surface area contributed by atoms with Gasteiger partial charge in [0, 0.05) is 19.0 Å². The Morgan fingerprint density at radius 3 is 2.08 bits per heavy atom. The molecular formula is C27H45N5O6. The van der Waals surface area contributed by atoms with Crippen LogP contribution in [0.4, 0.5) is 4.79 Å². The summed E-state index contributed by atoms with van der Waals surface area (Å²) < 4.78 is 0. The van der Waals surface area contributed by atoms with E-state index in [0.717, 1.165) is 12.8 Å². The molecule has 0 aromatic heterocycles. The van der Waals surface area contributed by atoms with Gasteiger partial charge in [-0.25, -0.2) is 4.79 Å². The molecular weight excluding hydrogens is 490 g/mol. The van der Waals surface area contributed by atoms with Crippen molar-refractivity contribution in [3.8, 4) is 0 Å². The first kappa shape index (κ1) is 31.2. The van der Waals surface area contributed by atoms with Gasteiger partial charge < -0.3 is 26.2 Å². The van der Waals surface area contributed by atoms with Crippen molar-refractivity contribution < 1.29 is 28.8 Å². The lowest BCUT2D eigenvalue weighted by Gasteiger charge is -2.36. The Hall–Kier alpha value is -2.98. The van der Waals surface area contributed by atoms with Gasteiger partial charge in [-0.2, -0.15) is 0 Å². The minimum atomic E-state index is -1.05. The van der Waals surface area contributed by atoms with E-state index in [1.54, 1.807) is 0 Å². The van der Waals surface area contributed by atoms with Gasteiger partial charge >= 0.3 is 6.03 Å². The van der Waals surface area contributed by atoms with E-state index in [0.29, 0.717) is 32.4 Å². The first-order chi connectivity index (χ1) is 17.7. The van der Waals surface area contributed by atoms with Crippen LogP contribution in [0.3, 0.4) is 0 Å². The molecule has 1 saturated heterocycles. The van der Waals surface area contributed by atoms with Crippen LogP contribution < -0.4 is 21.3 Å². The predicted molar refractivity (Wildman–Crippen MR) is 142 cm³/mol. The monoisotopic (exact) mass is 535 g/mol. The van der Waals surface area contributed by atoms with Crippen LogP contribution in [0.15, 0.2) is 0 Å². The van der Waals surface area contributed by atoms with Crippen molar-refractivity contribution in [3.63, 3.8) is 0 Å². The van der Waals surface area contributed by atoms with Gasteiger partial charge in [0.15, 0.2) is 5.78 Å². The Balaban J connectivity index is 2.09. The molecule has 4 atom stereocenters. The first-order valence-corrected chi connectivity index (χ1v) is 13.7. The summed E-state index contributed by atoms with van der Waals surface area (Å²) in [5, 5.41) is 10.6. The number of hydrogen-bond donors (Lipinski definition) is 4. The fourth-order valence-corrected chi connectivity index (χ4v) is 4.52. The van der Waals surface area contributed by atoms with Crippen molar-refractivity contribution in [2.24, 2.45) is 17.3 Å². The SMILES string of the molecule is CCCNC(=O)C(=O)C(C)NC(=O)C1CCCN1C(=O)C(NC(=O)NC(C(=O)C1CC1)C(C)C)C(C)(C)C. The Morgan fingerprint density at radius 2 is 1.55 bits per heavy atom. The number of hydrogen-bond acceptors (Lipinski definition) is 6. The summed E-state index contributed by atoms with van der Waals surface area (Å²) in [6.07, 6.45) is 3.32. The van der Waals surface area contributed by atoms with Crippen LogP contribution in [0.2, 0.25) is 0 Å². The maximum absolute atomic E-state index is 13.7. The van der Waals surface area contributed by atoms with Crippen molar-refractivity contribution in [1.29, 1.82) is 0 Å². The number of nitrogens with one attached hydrogen (secondary N) is 4. The molecule has 5 amide bonds. The summed E-state index contributed by atoms with van der Waals surface area (Å²) in [6.45, 7) is 13.1. The highest BCUT2D eigenvalue weighted by molar-refractivity contribution is 6.38. The van der Waals surface area contributed by atoms with Gasteiger partial charge in [0.1, 0.15) is 12.1 Å². The topological polar surface area (TPSA) is 154 Å². The zero-order chi connectivity index (χ0) is 28.8. The van der Waals surface area contributed by atoms with Crippen molar-refractivity contribution in [1.82, 2.24) is 26.2 Å². The van der Waals surface area contributed by atoms with E-state index in [1.807, 2.05) is 41.5 Å². The van der Waals surface area contributed by atoms with Crippen molar-refractivity contribution in [2.75, 3.05) is 13.1 Å². The molecule has 1 aliphatic heterocycles. The van der Waals surface area contributed by atoms with Crippen LogP contribution in [0.1, 0.15) is 80.6 Å². The van der Waals surface area contributed by atoms with Gasteiger partial charge in [-0.1, -0.05) is 41.5 Å². The van der Waals surface area contributed by atoms with Crippen LogP contribution in [-0.4, -0.2) is 77.5 Å². The average Bonchev–Trinajstić information content (AvgIpc) is 3.57. The lowest BCUT2D eigenvalue weighted by Crippen LogP contribution is -2.61. The molecule has 2 fully saturated rings. The Bertz CT molecular complexity index is 923. The van der Waals surface area contributed by atoms with Gasteiger partial charge in [0.05, 0.1) is 12.1 Å². The van der Waals surface area contributed by atoms with Crippen LogP contribution in [0.5, 0.6) is 0 Å². The third-order valence-electron chi connectivity index (χ3n) is 6.98. The second kappa shape index (κ2) is 13.2. The summed E-state index contributed by atoms with van der Waals surface area (Å²) in [5.74, 6) is -2.56. The number of carbonyl (C=O) groups is 6. The van der Waals surface area contributed by atoms with Gasteiger partial charge in [-0.3, -0.25) is 24.0 Å². The lowest BCUT2D eigenvalue weighted by atomic mass is 9.85. The summed E-state index contributed by atoms with van der Waals surface area (Å²) in [7, 11) is 0. The summed E-state index contributed by atoms with van der Waals surface area (Å²) in [4.78, 5) is 78.0. The number of Topliss-reactive ketones (excluding diaryl/α,β-unsaturated/α-hetero) is 2. The fraction of sp³-hybridized carbons (Fsp3) is 0.778. The zero-order valence-electron chi connectivity index (χ0n) is 23.8. The molecule has 0 spiro atoms. The molecule has 0 radical (unpaired) electrons. The van der Waals surface area contributed by atoms with Crippen LogP contribution in [-0.2, 0) is 24.0 Å². The molecule has 38 heavy (non-hydrogen) atoms. The van der Waals surface area contributed by atoms with E-state index >= 15 is 0 Å². The highest BCUT2D eigenvalue weighted by Gasteiger charge is 2.43. The number of ketones is 2. The minimum Gasteiger partial charge on any atom is -0.349 e. The molecule has 0 bridgehead atoms. The second-order valence-corrected chi connectivity index (χ2v) is 11.9. The Morgan fingerprint density at radius 1 is 0.921 bits per heavy atom. The second-order valence-electron chi connectivity index (χ2n) is 11.9. The van der Waals surface area contributed by atoms with Gasteiger partial charge in [0.2, 0.25) is 17.6 Å². The molecule has 2 rings (SSSR count). The summed E-state index contributed by atoms with van der Waals surface area (Å²) in [5.41, 5.74) is -0.688. The van der Waals surface area contributed by atoms with E-state index in [2.05, 4.69) is 21.3 Å². The van der Waals surface area contributed by atoms with E-state index in [4.69, 9.17) is 0 Å². The molecule has 4 unspecified atom stereocenters. The molecule has 0 aromatic carbocycles. The average molecular weight is 536 g/mol. The van der Waals surface area contributed by atoms with E-state index in [9.17, 15) is 28.8 Å². The molecule has 2 aliphatic rings. The third kappa shape index (κ3) is 8.26. The normalized spacial score (nSPS) is 19.8. The maximum atomic E-state index is 13.7. The van der Waals surface area contributed by atoms with Crippen molar-refractivity contribution in [3.05, 3.63) is 0 Å². The van der Waals surface area contributed by atoms with E-state index in [-0.39, 0.29) is 17.6 Å². The molecule has 214 valence electrons. The molecule has 1 aliphatic carbocycles. The number of amides is 5. The molecule has 1 saturated carbocycles. The predicted octanol–water partition coefficient (Wildman–Crippen LogP) is 1.30.